The quantitative estimate of drug-likeness (QED) is 0.0212. The molecule has 60 heavy (non-hydrogen) atoms. The highest BCUT2D eigenvalue weighted by molar-refractivity contribution is 7.47. The number of allylic oxidation sites excluding steroid dienone is 2. The van der Waals surface area contributed by atoms with E-state index < -0.39 is 26.5 Å². The van der Waals surface area contributed by atoms with Crippen molar-refractivity contribution >= 4 is 19.8 Å². The molecule has 0 bridgehead atoms. The smallest absolute Gasteiger partial charge is 0.462 e. The molecule has 0 radical (unpaired) electrons. The van der Waals surface area contributed by atoms with Crippen LogP contribution in [0.2, 0.25) is 0 Å². The first kappa shape index (κ1) is 58.8. The van der Waals surface area contributed by atoms with E-state index in [4.69, 9.17) is 18.5 Å². The molecule has 2 unspecified atom stereocenters. The molecule has 0 saturated heterocycles. The number of phosphoric ester groups is 1. The summed E-state index contributed by atoms with van der Waals surface area (Å²) in [6, 6.07) is 0. The number of unbranched alkanes of at least 4 members (excludes halogenated alkanes) is 31. The topological polar surface area (TPSA) is 108 Å². The first-order valence-electron chi connectivity index (χ1n) is 25.4. The molecule has 10 heteroatoms. The summed E-state index contributed by atoms with van der Waals surface area (Å²) in [6.45, 7) is 4.41. The van der Waals surface area contributed by atoms with E-state index in [0.717, 1.165) is 57.8 Å². The Labute approximate surface area is 371 Å². The molecular formula is C50H99NO8P+. The molecule has 1 N–H and O–H groups in total. The Kier molecular flexibility index (Phi) is 42.1. The Bertz CT molecular complexity index is 1030. The van der Waals surface area contributed by atoms with E-state index in [2.05, 4.69) is 26.0 Å². The monoisotopic (exact) mass is 873 g/mol. The number of esters is 2. The number of rotatable bonds is 47. The number of ether oxygens (including phenoxy) is 2. The number of hydrogen-bond acceptors (Lipinski definition) is 7. The third kappa shape index (κ3) is 46.3. The molecule has 0 fully saturated rings. The summed E-state index contributed by atoms with van der Waals surface area (Å²) in [5.41, 5.74) is 0. The van der Waals surface area contributed by atoms with Crippen molar-refractivity contribution in [2.75, 3.05) is 47.5 Å². The Morgan fingerprint density at radius 2 is 0.867 bits per heavy atom. The minimum atomic E-state index is -4.37. The van der Waals surface area contributed by atoms with Gasteiger partial charge in [-0.05, 0) is 32.1 Å². The van der Waals surface area contributed by atoms with Gasteiger partial charge in [-0.1, -0.05) is 212 Å². The van der Waals surface area contributed by atoms with Gasteiger partial charge in [0.15, 0.2) is 6.10 Å². The number of carbonyl (C=O) groups is 2. The maximum atomic E-state index is 12.7. The number of quaternary nitrogens is 1. The number of carbonyl (C=O) groups excluding carboxylic acids is 2. The lowest BCUT2D eigenvalue weighted by atomic mass is 10.0. The average molecular weight is 873 g/mol. The summed E-state index contributed by atoms with van der Waals surface area (Å²) in [6.07, 6.45) is 47.1. The fraction of sp³-hybridized carbons (Fsp3) is 0.920. The minimum absolute atomic E-state index is 0.0332. The van der Waals surface area contributed by atoms with E-state index >= 15 is 0 Å². The van der Waals surface area contributed by atoms with Crippen LogP contribution in [0.1, 0.15) is 245 Å². The highest BCUT2D eigenvalue weighted by atomic mass is 31.2. The van der Waals surface area contributed by atoms with Crippen molar-refractivity contribution in [3.63, 3.8) is 0 Å². The fourth-order valence-corrected chi connectivity index (χ4v) is 8.03. The van der Waals surface area contributed by atoms with E-state index in [0.29, 0.717) is 23.9 Å². The molecule has 0 aromatic heterocycles. The third-order valence-electron chi connectivity index (χ3n) is 11.3. The molecule has 9 nitrogen and oxygen atoms in total. The van der Waals surface area contributed by atoms with Crippen LogP contribution < -0.4 is 0 Å². The zero-order valence-corrected chi connectivity index (χ0v) is 41.1. The Balaban J connectivity index is 4.07. The van der Waals surface area contributed by atoms with E-state index in [1.165, 1.54) is 154 Å². The van der Waals surface area contributed by atoms with Crippen LogP contribution in [0, 0.1) is 0 Å². The lowest BCUT2D eigenvalue weighted by molar-refractivity contribution is -0.870. The third-order valence-corrected chi connectivity index (χ3v) is 12.3. The molecule has 0 saturated carbocycles. The van der Waals surface area contributed by atoms with Gasteiger partial charge >= 0.3 is 19.8 Å². The molecular weight excluding hydrogens is 774 g/mol. The van der Waals surface area contributed by atoms with Crippen molar-refractivity contribution < 1.29 is 42.1 Å². The van der Waals surface area contributed by atoms with Crippen LogP contribution in [-0.4, -0.2) is 74.9 Å². The van der Waals surface area contributed by atoms with Crippen LogP contribution in [0.15, 0.2) is 12.2 Å². The van der Waals surface area contributed by atoms with Gasteiger partial charge in [0.05, 0.1) is 27.7 Å². The number of likely N-dealkylation sites (N-methyl/N-ethyl adjacent to an activating group) is 1. The Hall–Kier alpha value is -1.25. The van der Waals surface area contributed by atoms with Gasteiger partial charge in [0.1, 0.15) is 19.8 Å². The maximum Gasteiger partial charge on any atom is 0.472 e. The molecule has 0 spiro atoms. The van der Waals surface area contributed by atoms with E-state index in [-0.39, 0.29) is 25.6 Å². The number of nitrogens with zero attached hydrogens (tertiary/aromatic N) is 1. The van der Waals surface area contributed by atoms with Gasteiger partial charge in [-0.15, -0.1) is 0 Å². The summed E-state index contributed by atoms with van der Waals surface area (Å²) >= 11 is 0. The van der Waals surface area contributed by atoms with Gasteiger partial charge in [-0.3, -0.25) is 18.6 Å². The van der Waals surface area contributed by atoms with E-state index in [9.17, 15) is 19.0 Å². The molecule has 0 heterocycles. The van der Waals surface area contributed by atoms with Gasteiger partial charge in [0, 0.05) is 12.8 Å². The summed E-state index contributed by atoms with van der Waals surface area (Å²) in [4.78, 5) is 35.4. The molecule has 0 amide bonds. The molecule has 356 valence electrons. The molecule has 0 aromatic carbocycles. The molecule has 0 aromatic rings. The van der Waals surface area contributed by atoms with Crippen molar-refractivity contribution in [1.82, 2.24) is 0 Å². The highest BCUT2D eigenvalue weighted by Gasteiger charge is 2.27. The first-order valence-corrected chi connectivity index (χ1v) is 26.9. The molecule has 0 aliphatic heterocycles. The second-order valence-corrected chi connectivity index (χ2v) is 20.0. The van der Waals surface area contributed by atoms with Gasteiger partial charge in [0.2, 0.25) is 0 Å². The van der Waals surface area contributed by atoms with Crippen molar-refractivity contribution in [3.05, 3.63) is 12.2 Å². The highest BCUT2D eigenvalue weighted by Crippen LogP contribution is 2.43. The standard InChI is InChI=1S/C50H98NO8P/c1-6-8-10-12-14-16-18-19-20-21-22-23-24-25-26-27-28-29-30-31-33-34-36-38-40-42-49(52)56-46-48(47-58-60(54,55)57-45-44-51(3,4)5)59-50(53)43-41-39-37-35-32-17-15-13-11-9-7-2/h13,15,48H,6-12,14,16-47H2,1-5H3/p+1/b15-13-. The largest absolute Gasteiger partial charge is 0.472 e. The second-order valence-electron chi connectivity index (χ2n) is 18.6. The van der Waals surface area contributed by atoms with Gasteiger partial charge in [-0.2, -0.15) is 0 Å². The van der Waals surface area contributed by atoms with Crippen molar-refractivity contribution in [2.45, 2.75) is 251 Å². The second kappa shape index (κ2) is 43.0. The van der Waals surface area contributed by atoms with Crippen LogP contribution in [0.25, 0.3) is 0 Å². The molecule has 0 aliphatic carbocycles. The Morgan fingerprint density at radius 1 is 0.500 bits per heavy atom. The number of phosphoric acid groups is 1. The van der Waals surface area contributed by atoms with Crippen LogP contribution in [0.3, 0.4) is 0 Å². The predicted molar refractivity (Wildman–Crippen MR) is 252 cm³/mol. The molecule has 0 rings (SSSR count). The SMILES string of the molecule is CCCC/C=C\CCCCCCCC(=O)OC(COC(=O)CCCCCCCCCCCCCCCCCCCCCCCCCCC)COP(=O)(O)OCC[N+](C)(C)C. The van der Waals surface area contributed by atoms with Gasteiger partial charge < -0.3 is 18.9 Å². The predicted octanol–water partition coefficient (Wildman–Crippen LogP) is 14.9. The lowest BCUT2D eigenvalue weighted by Crippen LogP contribution is -2.37. The zero-order chi connectivity index (χ0) is 44.3. The number of hydrogen-bond donors (Lipinski definition) is 1. The zero-order valence-electron chi connectivity index (χ0n) is 40.2. The van der Waals surface area contributed by atoms with Crippen LogP contribution in [0.4, 0.5) is 0 Å². The first-order chi connectivity index (χ1) is 29.0. The summed E-state index contributed by atoms with van der Waals surface area (Å²) < 4.78 is 34.4. The van der Waals surface area contributed by atoms with Gasteiger partial charge in [0.25, 0.3) is 0 Å². The van der Waals surface area contributed by atoms with Crippen LogP contribution >= 0.6 is 7.82 Å². The van der Waals surface area contributed by atoms with E-state index in [1.54, 1.807) is 0 Å². The van der Waals surface area contributed by atoms with Crippen molar-refractivity contribution in [2.24, 2.45) is 0 Å². The van der Waals surface area contributed by atoms with Crippen molar-refractivity contribution in [1.29, 1.82) is 0 Å². The summed E-state index contributed by atoms with van der Waals surface area (Å²) in [5.74, 6) is -0.797. The fourth-order valence-electron chi connectivity index (χ4n) is 7.29. The lowest BCUT2D eigenvalue weighted by Gasteiger charge is -2.24. The summed E-state index contributed by atoms with van der Waals surface area (Å²) in [7, 11) is 1.48. The molecule has 2 atom stereocenters. The van der Waals surface area contributed by atoms with Crippen LogP contribution in [0.5, 0.6) is 0 Å². The maximum absolute atomic E-state index is 12.7. The average Bonchev–Trinajstić information content (AvgIpc) is 3.20. The van der Waals surface area contributed by atoms with Gasteiger partial charge in [-0.25, -0.2) is 4.57 Å². The minimum Gasteiger partial charge on any atom is -0.462 e. The van der Waals surface area contributed by atoms with E-state index in [1.807, 2.05) is 21.1 Å². The van der Waals surface area contributed by atoms with Crippen molar-refractivity contribution in [3.8, 4) is 0 Å². The Morgan fingerprint density at radius 3 is 1.28 bits per heavy atom. The van der Waals surface area contributed by atoms with Crippen LogP contribution in [-0.2, 0) is 32.7 Å². The normalized spacial score (nSPS) is 13.5. The molecule has 0 aliphatic rings. The summed E-state index contributed by atoms with van der Waals surface area (Å²) in [5, 5.41) is 0.